The van der Waals surface area contributed by atoms with Gasteiger partial charge in [-0.25, -0.2) is 4.79 Å². The molecule has 4 unspecified atom stereocenters. The standard InChI is InChI=1S/C20H34N2O4.C12H21N3O5.C7H8.C4H10/c1-7-15(3)13-16(4)11-9-10-12-19(24)26-14-18(23)21-17(5)20(25)22(6)8-2;1-4-8(2)11(12(20)13-5-10(18)19)14-9(17)6-15(3)7-16;1-7-5-3-2-4-6-7;1-4(2)3/h7,10,12,16-17H,8-9,11,13-14H2,1-6H3,(H,21,23);7-8,11H,4-6H2,1-3H3,(H,13,20)(H,14,17)(H,18,19);2-6H,1H3;4H,1-3H3/b12-10+,15-7+;;;. The molecule has 4 N–H and O–H groups in total. The zero-order valence-electron chi connectivity index (χ0n) is 36.8. The molecule has 1 aromatic rings. The Morgan fingerprint density at radius 1 is 0.912 bits per heavy atom. The van der Waals surface area contributed by atoms with E-state index in [2.05, 4.69) is 75.7 Å². The van der Waals surface area contributed by atoms with Crippen LogP contribution < -0.4 is 16.0 Å². The molecular weight excluding hydrogens is 730 g/mol. The summed E-state index contributed by atoms with van der Waals surface area (Å²) in [5.41, 5.74) is 2.69. The molecule has 0 saturated heterocycles. The summed E-state index contributed by atoms with van der Waals surface area (Å²) in [7, 11) is 3.10. The van der Waals surface area contributed by atoms with E-state index in [1.54, 1.807) is 27.0 Å². The van der Waals surface area contributed by atoms with E-state index in [-0.39, 0.29) is 18.4 Å². The van der Waals surface area contributed by atoms with E-state index in [0.717, 1.165) is 30.1 Å². The van der Waals surface area contributed by atoms with Gasteiger partial charge in [0, 0.05) is 26.7 Å². The largest absolute Gasteiger partial charge is 0.480 e. The second-order valence-corrected chi connectivity index (χ2v) is 14.6. The Bertz CT molecular complexity index is 1380. The van der Waals surface area contributed by atoms with Gasteiger partial charge < -0.3 is 35.6 Å². The van der Waals surface area contributed by atoms with Gasteiger partial charge in [-0.15, -0.1) is 0 Å². The van der Waals surface area contributed by atoms with Gasteiger partial charge in [0.1, 0.15) is 18.6 Å². The smallest absolute Gasteiger partial charge is 0.330 e. The summed E-state index contributed by atoms with van der Waals surface area (Å²) in [6.45, 7) is 21.5. The Morgan fingerprint density at radius 3 is 1.95 bits per heavy atom. The van der Waals surface area contributed by atoms with E-state index >= 15 is 0 Å². The third-order valence-corrected chi connectivity index (χ3v) is 7.93. The van der Waals surface area contributed by atoms with Gasteiger partial charge in [-0.2, -0.15) is 0 Å². The number of nitrogens with zero attached hydrogens (tertiary/aromatic N) is 2. The first kappa shape index (κ1) is 56.3. The quantitative estimate of drug-likeness (QED) is 0.0586. The number of hydrogen-bond donors (Lipinski definition) is 4. The van der Waals surface area contributed by atoms with Crippen LogP contribution in [-0.4, -0.2) is 109 Å². The lowest BCUT2D eigenvalue weighted by Crippen LogP contribution is -2.52. The number of allylic oxidation sites excluding steroid dienone is 3. The summed E-state index contributed by atoms with van der Waals surface area (Å²) >= 11 is 0. The number of carbonyl (C=O) groups excluding carboxylic acids is 6. The minimum Gasteiger partial charge on any atom is -0.480 e. The first-order valence-corrected chi connectivity index (χ1v) is 19.6. The maximum Gasteiger partial charge on any atom is 0.330 e. The first-order chi connectivity index (χ1) is 26.6. The number of aliphatic carboxylic acids is 1. The second-order valence-electron chi connectivity index (χ2n) is 14.6. The zero-order valence-corrected chi connectivity index (χ0v) is 36.8. The maximum absolute atomic E-state index is 11.9. The minimum absolute atomic E-state index is 0.158. The summed E-state index contributed by atoms with van der Waals surface area (Å²) in [4.78, 5) is 82.3. The van der Waals surface area contributed by atoms with Crippen molar-refractivity contribution in [3.63, 3.8) is 0 Å². The molecular formula is C43H73N5O9. The lowest BCUT2D eigenvalue weighted by Gasteiger charge is -2.24. The van der Waals surface area contributed by atoms with Gasteiger partial charge in [-0.3, -0.25) is 28.8 Å². The average Bonchev–Trinajstić information content (AvgIpc) is 3.16. The lowest BCUT2D eigenvalue weighted by molar-refractivity contribution is -0.144. The molecule has 0 aliphatic heterocycles. The Morgan fingerprint density at radius 2 is 1.49 bits per heavy atom. The van der Waals surface area contributed by atoms with Gasteiger partial charge in [0.05, 0.1) is 6.54 Å². The highest BCUT2D eigenvalue weighted by Crippen LogP contribution is 2.16. The van der Waals surface area contributed by atoms with Crippen molar-refractivity contribution in [1.82, 2.24) is 25.8 Å². The minimum atomic E-state index is -1.16. The van der Waals surface area contributed by atoms with E-state index in [0.29, 0.717) is 25.3 Å². The predicted molar refractivity (Wildman–Crippen MR) is 226 cm³/mol. The Kier molecular flexibility index (Phi) is 33.8. The first-order valence-electron chi connectivity index (χ1n) is 19.6. The number of rotatable bonds is 20. The molecule has 0 radical (unpaired) electrons. The Hall–Kier alpha value is -5.01. The normalized spacial score (nSPS) is 12.6. The lowest BCUT2D eigenvalue weighted by atomic mass is 9.97. The molecule has 4 atom stereocenters. The van der Waals surface area contributed by atoms with Gasteiger partial charge in [-0.05, 0) is 71.6 Å². The van der Waals surface area contributed by atoms with Crippen molar-refractivity contribution in [2.75, 3.05) is 40.3 Å². The van der Waals surface area contributed by atoms with Crippen molar-refractivity contribution >= 4 is 42.0 Å². The van der Waals surface area contributed by atoms with E-state index in [1.807, 2.05) is 39.0 Å². The molecule has 0 aromatic heterocycles. The summed E-state index contributed by atoms with van der Waals surface area (Å²) in [5.74, 6) is -2.19. The molecule has 0 saturated carbocycles. The number of aryl methyl sites for hydroxylation is 1. The van der Waals surface area contributed by atoms with Crippen LogP contribution in [0.3, 0.4) is 0 Å². The third-order valence-electron chi connectivity index (χ3n) is 7.93. The number of amides is 5. The van der Waals surface area contributed by atoms with E-state index < -0.39 is 54.9 Å². The fourth-order valence-electron chi connectivity index (χ4n) is 4.34. The number of hydrogen-bond acceptors (Lipinski definition) is 8. The Labute approximate surface area is 342 Å². The summed E-state index contributed by atoms with van der Waals surface area (Å²) in [6.07, 6.45) is 9.19. The van der Waals surface area contributed by atoms with Gasteiger partial charge >= 0.3 is 11.9 Å². The number of esters is 1. The van der Waals surface area contributed by atoms with E-state index in [4.69, 9.17) is 9.84 Å². The van der Waals surface area contributed by atoms with Crippen molar-refractivity contribution in [1.29, 1.82) is 0 Å². The molecule has 0 aliphatic rings. The van der Waals surface area contributed by atoms with E-state index in [9.17, 15) is 33.6 Å². The van der Waals surface area contributed by atoms with Gasteiger partial charge in [0.2, 0.25) is 24.1 Å². The molecule has 1 aromatic carbocycles. The van der Waals surface area contributed by atoms with Gasteiger partial charge in [-0.1, -0.05) is 102 Å². The fourth-order valence-corrected chi connectivity index (χ4v) is 4.34. The molecule has 0 aliphatic carbocycles. The average molecular weight is 804 g/mol. The van der Waals surface area contributed by atoms with Crippen LogP contribution in [0.2, 0.25) is 0 Å². The Balaban J connectivity index is -0.000000819. The van der Waals surface area contributed by atoms with Crippen LogP contribution in [0.4, 0.5) is 0 Å². The number of carbonyl (C=O) groups is 7. The molecule has 5 amide bonds. The molecule has 0 fully saturated rings. The molecule has 0 heterocycles. The van der Waals surface area contributed by atoms with Crippen molar-refractivity contribution in [3.05, 3.63) is 59.7 Å². The van der Waals surface area contributed by atoms with Crippen LogP contribution >= 0.6 is 0 Å². The highest BCUT2D eigenvalue weighted by molar-refractivity contribution is 5.91. The number of carboxylic acids is 1. The number of nitrogens with one attached hydrogen (secondary N) is 3. The molecule has 0 bridgehead atoms. The van der Waals surface area contributed by atoms with Crippen LogP contribution in [0.15, 0.2) is 54.1 Å². The highest BCUT2D eigenvalue weighted by atomic mass is 16.5. The summed E-state index contributed by atoms with van der Waals surface area (Å²) in [5, 5.41) is 15.8. The molecule has 0 spiro atoms. The fraction of sp³-hybridized carbons (Fsp3) is 0.605. The zero-order chi connectivity index (χ0) is 44.5. The topological polar surface area (TPSA) is 192 Å². The predicted octanol–water partition coefficient (Wildman–Crippen LogP) is 5.31. The van der Waals surface area contributed by atoms with Crippen molar-refractivity contribution in [3.8, 4) is 0 Å². The van der Waals surface area contributed by atoms with E-state index in [1.165, 1.54) is 29.2 Å². The number of likely N-dealkylation sites (N-methyl/N-ethyl adjacent to an activating group) is 2. The van der Waals surface area contributed by atoms with Crippen LogP contribution in [0.1, 0.15) is 100 Å². The summed E-state index contributed by atoms with van der Waals surface area (Å²) in [6, 6.07) is 8.79. The molecule has 1 rings (SSSR count). The molecule has 57 heavy (non-hydrogen) atoms. The van der Waals surface area contributed by atoms with Crippen LogP contribution in [0, 0.1) is 24.7 Å². The van der Waals surface area contributed by atoms with Crippen LogP contribution in [0.5, 0.6) is 0 Å². The number of benzene rings is 1. The maximum atomic E-state index is 11.9. The van der Waals surface area contributed by atoms with Gasteiger partial charge in [0.25, 0.3) is 5.91 Å². The highest BCUT2D eigenvalue weighted by Gasteiger charge is 2.26. The van der Waals surface area contributed by atoms with Crippen LogP contribution in [0.25, 0.3) is 0 Å². The van der Waals surface area contributed by atoms with Crippen molar-refractivity contribution in [2.45, 2.75) is 114 Å². The summed E-state index contributed by atoms with van der Waals surface area (Å²) < 4.78 is 4.89. The van der Waals surface area contributed by atoms with Gasteiger partial charge in [0.15, 0.2) is 6.61 Å². The van der Waals surface area contributed by atoms with Crippen LogP contribution in [-0.2, 0) is 38.3 Å². The molecule has 324 valence electrons. The second kappa shape index (κ2) is 34.3. The number of carboxylic acid groups (broad SMARTS) is 1. The van der Waals surface area contributed by atoms with Crippen molar-refractivity contribution in [2.24, 2.45) is 17.8 Å². The van der Waals surface area contributed by atoms with Crippen molar-refractivity contribution < 1.29 is 43.4 Å². The third kappa shape index (κ3) is 34.0. The molecule has 14 heteroatoms. The SMILES string of the molecule is C/C=C(\C)CC(C)CC/C=C/C(=O)OCC(=O)NC(C)C(=O)N(C)CC.CC(C)C.CCC(C)C(NC(=O)CN(C)C=O)C(=O)NCC(=O)O.Cc1ccccc1. The number of ether oxygens (including phenoxy) is 1. The molecule has 14 nitrogen and oxygen atoms in total. The monoisotopic (exact) mass is 804 g/mol.